The molecule has 1 saturated heterocycles. The van der Waals surface area contributed by atoms with Gasteiger partial charge < -0.3 is 19.1 Å². The first-order valence-electron chi connectivity index (χ1n) is 10.7. The maximum atomic E-state index is 12.7. The second-order valence-corrected chi connectivity index (χ2v) is 12.0. The van der Waals surface area contributed by atoms with Crippen LogP contribution in [0.5, 0.6) is 11.5 Å². The van der Waals surface area contributed by atoms with Crippen molar-refractivity contribution in [3.05, 3.63) is 48.0 Å². The first-order valence-corrected chi connectivity index (χ1v) is 14.0. The summed E-state index contributed by atoms with van der Waals surface area (Å²) in [7, 11) is -5.60. The number of nitrogens with one attached hydrogen (secondary N) is 1. The molecule has 0 unspecified atom stereocenters. The normalized spacial score (nSPS) is 18.5. The topological polar surface area (TPSA) is 145 Å². The van der Waals surface area contributed by atoms with E-state index in [1.54, 1.807) is 0 Å². The van der Waals surface area contributed by atoms with Crippen LogP contribution in [0.25, 0.3) is 0 Å². The van der Waals surface area contributed by atoms with Gasteiger partial charge in [0.25, 0.3) is 15.9 Å². The molecule has 2 heterocycles. The Balaban J connectivity index is 1.33. The van der Waals surface area contributed by atoms with Gasteiger partial charge in [0.15, 0.2) is 27.9 Å². The van der Waals surface area contributed by atoms with E-state index in [4.69, 9.17) is 14.2 Å². The molecule has 0 saturated carbocycles. The number of carbonyl (C=O) groups is 2. The third kappa shape index (κ3) is 5.85. The first kappa shape index (κ1) is 24.8. The number of likely N-dealkylation sites (N-methyl/N-ethyl adjacent to an activating group) is 1. The highest BCUT2D eigenvalue weighted by atomic mass is 32.2. The fourth-order valence-corrected chi connectivity index (χ4v) is 6.52. The Morgan fingerprint density at radius 1 is 1.09 bits per heavy atom. The van der Waals surface area contributed by atoms with Gasteiger partial charge in [-0.25, -0.2) is 21.6 Å². The third-order valence-corrected chi connectivity index (χ3v) is 8.80. The maximum absolute atomic E-state index is 12.7. The smallest absolute Gasteiger partial charge is 0.338 e. The number of benzene rings is 2. The number of anilines is 1. The van der Waals surface area contributed by atoms with Crippen molar-refractivity contribution in [1.29, 1.82) is 0 Å². The molecule has 4 rings (SSSR count). The average molecular weight is 525 g/mol. The largest absolute Gasteiger partial charge is 0.486 e. The molecule has 0 radical (unpaired) electrons. The van der Waals surface area contributed by atoms with Crippen molar-refractivity contribution in [2.75, 3.05) is 43.1 Å². The van der Waals surface area contributed by atoms with E-state index in [2.05, 4.69) is 4.72 Å². The lowest BCUT2D eigenvalue weighted by molar-refractivity contribution is -0.134. The number of sulfone groups is 1. The van der Waals surface area contributed by atoms with Crippen LogP contribution in [0.1, 0.15) is 16.8 Å². The van der Waals surface area contributed by atoms with Gasteiger partial charge in [-0.1, -0.05) is 0 Å². The maximum Gasteiger partial charge on any atom is 0.338 e. The molecule has 0 aromatic heterocycles. The number of sulfonamides is 1. The van der Waals surface area contributed by atoms with Crippen LogP contribution in [0.2, 0.25) is 0 Å². The van der Waals surface area contributed by atoms with Gasteiger partial charge in [-0.3, -0.25) is 9.52 Å². The number of hydrogen-bond acceptors (Lipinski definition) is 9. The Kier molecular flexibility index (Phi) is 6.90. The summed E-state index contributed by atoms with van der Waals surface area (Å²) < 4.78 is 66.9. The first-order chi connectivity index (χ1) is 16.5. The molecule has 0 aliphatic carbocycles. The quantitative estimate of drug-likeness (QED) is 0.526. The second kappa shape index (κ2) is 9.74. The summed E-state index contributed by atoms with van der Waals surface area (Å²) in [6, 6.07) is 9.37. The second-order valence-electron chi connectivity index (χ2n) is 8.13. The van der Waals surface area contributed by atoms with Crippen LogP contribution in [-0.2, 0) is 29.4 Å². The molecule has 1 atom stereocenters. The summed E-state index contributed by atoms with van der Waals surface area (Å²) in [6.07, 6.45) is 0.349. The summed E-state index contributed by atoms with van der Waals surface area (Å²) in [6.45, 7) is 0.179. The van der Waals surface area contributed by atoms with Gasteiger partial charge in [-0.2, -0.15) is 0 Å². The standard InChI is InChI=1S/C22H24N2O9S2/c1-24(17-8-11-34(27,28)14-17)21(25)13-33-22(26)15-2-4-16(5-3-15)23-35(29,30)18-6-7-19-20(12-18)32-10-9-31-19/h2-7,12,17,23H,8-11,13-14H2,1H3/t17-/m1/s1. The van der Waals surface area contributed by atoms with E-state index in [0.717, 1.165) is 0 Å². The Hall–Kier alpha value is -3.32. The van der Waals surface area contributed by atoms with Crippen LogP contribution in [0.4, 0.5) is 5.69 Å². The Morgan fingerprint density at radius 3 is 2.43 bits per heavy atom. The van der Waals surface area contributed by atoms with Crippen LogP contribution >= 0.6 is 0 Å². The molecule has 1 N–H and O–H groups in total. The summed E-state index contributed by atoms with van der Waals surface area (Å²) in [4.78, 5) is 25.8. The number of ether oxygens (including phenoxy) is 3. The third-order valence-electron chi connectivity index (χ3n) is 5.67. The van der Waals surface area contributed by atoms with Gasteiger partial charge in [-0.05, 0) is 42.8 Å². The minimum atomic E-state index is -3.92. The Morgan fingerprint density at radius 2 is 1.77 bits per heavy atom. The summed E-state index contributed by atoms with van der Waals surface area (Å²) in [5.74, 6) is -0.550. The number of rotatable bonds is 7. The average Bonchev–Trinajstić information content (AvgIpc) is 3.21. The van der Waals surface area contributed by atoms with Gasteiger partial charge in [0.05, 0.1) is 22.0 Å². The zero-order valence-corrected chi connectivity index (χ0v) is 20.4. The molecule has 2 aromatic carbocycles. The van der Waals surface area contributed by atoms with Crippen molar-refractivity contribution in [3.8, 4) is 11.5 Å². The van der Waals surface area contributed by atoms with Crippen molar-refractivity contribution in [2.24, 2.45) is 0 Å². The highest BCUT2D eigenvalue weighted by molar-refractivity contribution is 7.92. The van der Waals surface area contributed by atoms with Gasteiger partial charge in [0, 0.05) is 24.8 Å². The van der Waals surface area contributed by atoms with Crippen molar-refractivity contribution in [1.82, 2.24) is 4.90 Å². The van der Waals surface area contributed by atoms with Crippen molar-refractivity contribution in [2.45, 2.75) is 17.4 Å². The summed E-state index contributed by atoms with van der Waals surface area (Å²) >= 11 is 0. The van der Waals surface area contributed by atoms with Crippen LogP contribution in [0, 0.1) is 0 Å². The molecule has 1 fully saturated rings. The summed E-state index contributed by atoms with van der Waals surface area (Å²) in [5.41, 5.74) is 0.334. The highest BCUT2D eigenvalue weighted by Crippen LogP contribution is 2.32. The lowest BCUT2D eigenvalue weighted by Gasteiger charge is -2.23. The molecule has 1 amide bonds. The number of hydrogen-bond donors (Lipinski definition) is 1. The van der Waals surface area contributed by atoms with Gasteiger partial charge in [0.2, 0.25) is 0 Å². The van der Waals surface area contributed by atoms with E-state index in [0.29, 0.717) is 31.1 Å². The van der Waals surface area contributed by atoms with E-state index < -0.39 is 44.4 Å². The van der Waals surface area contributed by atoms with Gasteiger partial charge in [-0.15, -0.1) is 0 Å². The molecule has 13 heteroatoms. The van der Waals surface area contributed by atoms with E-state index in [-0.39, 0.29) is 27.7 Å². The lowest BCUT2D eigenvalue weighted by Crippen LogP contribution is -2.40. The van der Waals surface area contributed by atoms with Crippen LogP contribution in [0.15, 0.2) is 47.4 Å². The number of carbonyl (C=O) groups excluding carboxylic acids is 2. The van der Waals surface area contributed by atoms with E-state index in [1.165, 1.54) is 54.4 Å². The van der Waals surface area contributed by atoms with Crippen molar-refractivity contribution in [3.63, 3.8) is 0 Å². The molecule has 2 aromatic rings. The minimum absolute atomic E-state index is 0.0112. The molecule has 2 aliphatic rings. The number of amides is 1. The van der Waals surface area contributed by atoms with Gasteiger partial charge in [0.1, 0.15) is 13.2 Å². The van der Waals surface area contributed by atoms with Crippen LogP contribution < -0.4 is 14.2 Å². The molecule has 0 spiro atoms. The Bertz CT molecular complexity index is 1340. The van der Waals surface area contributed by atoms with E-state index in [9.17, 15) is 26.4 Å². The minimum Gasteiger partial charge on any atom is -0.486 e. The molecular formula is C22H24N2O9S2. The molecule has 188 valence electrons. The molecular weight excluding hydrogens is 500 g/mol. The highest BCUT2D eigenvalue weighted by Gasteiger charge is 2.33. The van der Waals surface area contributed by atoms with Gasteiger partial charge >= 0.3 is 5.97 Å². The SMILES string of the molecule is CN(C(=O)COC(=O)c1ccc(NS(=O)(=O)c2ccc3c(c2)OCCO3)cc1)[C@@H]1CCS(=O)(=O)C1. The molecule has 2 aliphatic heterocycles. The van der Waals surface area contributed by atoms with Crippen molar-refractivity contribution < 1.29 is 40.6 Å². The fraction of sp³-hybridized carbons (Fsp3) is 0.364. The Labute approximate surface area is 202 Å². The van der Waals surface area contributed by atoms with E-state index >= 15 is 0 Å². The molecule has 35 heavy (non-hydrogen) atoms. The lowest BCUT2D eigenvalue weighted by atomic mass is 10.2. The monoisotopic (exact) mass is 524 g/mol. The van der Waals surface area contributed by atoms with Crippen LogP contribution in [-0.4, -0.2) is 78.0 Å². The predicted molar refractivity (Wildman–Crippen MR) is 125 cm³/mol. The predicted octanol–water partition coefficient (Wildman–Crippen LogP) is 1.06. The zero-order valence-electron chi connectivity index (χ0n) is 18.8. The number of nitrogens with zero attached hydrogens (tertiary/aromatic N) is 1. The number of fused-ring (bicyclic) bond motifs is 1. The molecule has 11 nitrogen and oxygen atoms in total. The van der Waals surface area contributed by atoms with E-state index in [1.807, 2.05) is 0 Å². The molecule has 0 bridgehead atoms. The fourth-order valence-electron chi connectivity index (χ4n) is 3.68. The number of esters is 1. The summed E-state index contributed by atoms with van der Waals surface area (Å²) in [5, 5.41) is 0. The van der Waals surface area contributed by atoms with Crippen LogP contribution in [0.3, 0.4) is 0 Å². The van der Waals surface area contributed by atoms with Crippen molar-refractivity contribution >= 4 is 37.4 Å². The zero-order chi connectivity index (χ0) is 25.2.